The number of amides is 1. The fourth-order valence-electron chi connectivity index (χ4n) is 2.35. The van der Waals surface area contributed by atoms with E-state index in [1.165, 1.54) is 14.0 Å². The van der Waals surface area contributed by atoms with Crippen LogP contribution in [0.2, 0.25) is 0 Å². The maximum absolute atomic E-state index is 12.2. The Labute approximate surface area is 138 Å². The summed E-state index contributed by atoms with van der Waals surface area (Å²) in [7, 11) is 1.49. The lowest BCUT2D eigenvalue weighted by molar-refractivity contribution is -0.128. The van der Waals surface area contributed by atoms with Crippen molar-refractivity contribution < 1.29 is 18.8 Å². The number of carbonyl (C=O) groups is 2. The van der Waals surface area contributed by atoms with Crippen LogP contribution in [0.3, 0.4) is 0 Å². The normalized spacial score (nSPS) is 11.9. The fourth-order valence-corrected chi connectivity index (χ4v) is 2.35. The van der Waals surface area contributed by atoms with Crippen LogP contribution < -0.4 is 5.32 Å². The lowest BCUT2D eigenvalue weighted by Gasteiger charge is -2.11. The summed E-state index contributed by atoms with van der Waals surface area (Å²) in [6.45, 7) is 1.52. The third-order valence-corrected chi connectivity index (χ3v) is 3.65. The molecular weight excluding hydrogens is 308 g/mol. The molecule has 1 amide bonds. The van der Waals surface area contributed by atoms with E-state index >= 15 is 0 Å². The number of likely N-dealkylation sites (N-methyl/N-ethyl adjacent to an activating group) is 1. The maximum Gasteiger partial charge on any atom is 0.338 e. The van der Waals surface area contributed by atoms with Crippen molar-refractivity contribution in [2.45, 2.75) is 13.0 Å². The van der Waals surface area contributed by atoms with Crippen LogP contribution in [-0.4, -0.2) is 30.2 Å². The number of carbonyl (C=O) groups excluding carboxylic acids is 2. The Balaban J connectivity index is 1.93. The summed E-state index contributed by atoms with van der Waals surface area (Å²) in [6, 6.07) is 14.4. The molecule has 0 bridgehead atoms. The van der Waals surface area contributed by atoms with Gasteiger partial charge in [0.15, 0.2) is 11.9 Å². The Morgan fingerprint density at radius 1 is 1.17 bits per heavy atom. The van der Waals surface area contributed by atoms with Gasteiger partial charge in [0.25, 0.3) is 5.91 Å². The van der Waals surface area contributed by atoms with Gasteiger partial charge in [0.05, 0.1) is 10.9 Å². The van der Waals surface area contributed by atoms with Gasteiger partial charge in [-0.25, -0.2) is 4.79 Å². The van der Waals surface area contributed by atoms with Crippen molar-refractivity contribution in [1.82, 2.24) is 10.5 Å². The summed E-state index contributed by atoms with van der Waals surface area (Å²) in [4.78, 5) is 23.7. The van der Waals surface area contributed by atoms with E-state index in [2.05, 4.69) is 10.5 Å². The van der Waals surface area contributed by atoms with Gasteiger partial charge in [-0.2, -0.15) is 0 Å². The van der Waals surface area contributed by atoms with Gasteiger partial charge in [-0.1, -0.05) is 35.5 Å². The van der Waals surface area contributed by atoms with E-state index in [-0.39, 0.29) is 5.91 Å². The lowest BCUT2D eigenvalue weighted by atomic mass is 10.1. The highest BCUT2D eigenvalue weighted by Crippen LogP contribution is 2.29. The molecule has 1 atom stereocenters. The van der Waals surface area contributed by atoms with E-state index in [4.69, 9.17) is 9.26 Å². The molecule has 0 saturated carbocycles. The van der Waals surface area contributed by atoms with Gasteiger partial charge in [0.1, 0.15) is 5.52 Å². The molecule has 0 fully saturated rings. The molecule has 0 aliphatic rings. The van der Waals surface area contributed by atoms with E-state index in [0.717, 1.165) is 5.56 Å². The molecule has 0 radical (unpaired) electrons. The minimum absolute atomic E-state index is 0.332. The van der Waals surface area contributed by atoms with Crippen molar-refractivity contribution in [1.29, 1.82) is 0 Å². The van der Waals surface area contributed by atoms with E-state index in [1.807, 2.05) is 30.3 Å². The summed E-state index contributed by atoms with van der Waals surface area (Å²) < 4.78 is 10.6. The van der Waals surface area contributed by atoms with Crippen LogP contribution >= 0.6 is 0 Å². The first-order valence-corrected chi connectivity index (χ1v) is 7.47. The summed E-state index contributed by atoms with van der Waals surface area (Å²) in [5, 5.41) is 7.15. The largest absolute Gasteiger partial charge is 0.449 e. The van der Waals surface area contributed by atoms with Crippen LogP contribution in [0.4, 0.5) is 0 Å². The van der Waals surface area contributed by atoms with Gasteiger partial charge < -0.3 is 14.6 Å². The molecular formula is C18H16N2O4. The Morgan fingerprint density at radius 2 is 1.92 bits per heavy atom. The van der Waals surface area contributed by atoms with Gasteiger partial charge in [-0.15, -0.1) is 0 Å². The molecule has 0 unspecified atom stereocenters. The predicted molar refractivity (Wildman–Crippen MR) is 88.4 cm³/mol. The van der Waals surface area contributed by atoms with Gasteiger partial charge in [0.2, 0.25) is 0 Å². The lowest BCUT2D eigenvalue weighted by Crippen LogP contribution is -2.33. The molecule has 1 aromatic heterocycles. The predicted octanol–water partition coefficient (Wildman–Crippen LogP) is 2.79. The molecule has 2 aromatic carbocycles. The van der Waals surface area contributed by atoms with Gasteiger partial charge in [-0.05, 0) is 25.1 Å². The first-order chi connectivity index (χ1) is 11.6. The van der Waals surface area contributed by atoms with Gasteiger partial charge in [0, 0.05) is 12.6 Å². The fraction of sp³-hybridized carbons (Fsp3) is 0.167. The van der Waals surface area contributed by atoms with Crippen LogP contribution in [-0.2, 0) is 9.53 Å². The van der Waals surface area contributed by atoms with Crippen molar-refractivity contribution in [3.8, 4) is 11.3 Å². The van der Waals surface area contributed by atoms with Crippen molar-refractivity contribution >= 4 is 22.8 Å². The molecule has 6 nitrogen and oxygen atoms in total. The zero-order chi connectivity index (χ0) is 17.1. The molecule has 0 spiro atoms. The van der Waals surface area contributed by atoms with Crippen molar-refractivity contribution in [2.75, 3.05) is 7.05 Å². The number of fused-ring (bicyclic) bond motifs is 1. The molecule has 0 aliphatic heterocycles. The molecule has 6 heteroatoms. The number of esters is 1. The van der Waals surface area contributed by atoms with Crippen LogP contribution in [0.25, 0.3) is 22.2 Å². The van der Waals surface area contributed by atoms with E-state index < -0.39 is 12.1 Å². The van der Waals surface area contributed by atoms with Crippen LogP contribution in [0.5, 0.6) is 0 Å². The second kappa shape index (κ2) is 6.54. The van der Waals surface area contributed by atoms with E-state index in [0.29, 0.717) is 22.2 Å². The highest BCUT2D eigenvalue weighted by Gasteiger charge is 2.19. The number of hydrogen-bond acceptors (Lipinski definition) is 5. The minimum Gasteiger partial charge on any atom is -0.449 e. The zero-order valence-electron chi connectivity index (χ0n) is 13.3. The molecule has 0 aliphatic carbocycles. The van der Waals surface area contributed by atoms with Crippen LogP contribution in [0.15, 0.2) is 53.1 Å². The zero-order valence-corrected chi connectivity index (χ0v) is 13.3. The summed E-state index contributed by atoms with van der Waals surface area (Å²) in [5.41, 5.74) is 1.84. The van der Waals surface area contributed by atoms with Crippen molar-refractivity contribution in [2.24, 2.45) is 0 Å². The topological polar surface area (TPSA) is 81.4 Å². The highest BCUT2D eigenvalue weighted by atomic mass is 16.5. The van der Waals surface area contributed by atoms with Gasteiger partial charge >= 0.3 is 5.97 Å². The third-order valence-electron chi connectivity index (χ3n) is 3.65. The highest BCUT2D eigenvalue weighted by molar-refractivity contribution is 5.99. The number of ether oxygens (including phenoxy) is 1. The number of nitrogens with one attached hydrogen (secondary N) is 1. The Morgan fingerprint density at radius 3 is 2.62 bits per heavy atom. The molecule has 0 saturated heterocycles. The maximum atomic E-state index is 12.2. The summed E-state index contributed by atoms with van der Waals surface area (Å²) >= 11 is 0. The summed E-state index contributed by atoms with van der Waals surface area (Å²) in [6.07, 6.45) is -0.866. The molecule has 3 aromatic rings. The minimum atomic E-state index is -0.866. The quantitative estimate of drug-likeness (QED) is 0.746. The number of hydrogen-bond donors (Lipinski definition) is 1. The molecule has 122 valence electrons. The van der Waals surface area contributed by atoms with Crippen LogP contribution in [0.1, 0.15) is 17.3 Å². The Bertz CT molecular complexity index is 886. The number of benzene rings is 2. The van der Waals surface area contributed by atoms with Crippen molar-refractivity contribution in [3.05, 3.63) is 54.1 Å². The molecule has 1 heterocycles. The average Bonchev–Trinajstić information content (AvgIpc) is 3.04. The van der Waals surface area contributed by atoms with Crippen molar-refractivity contribution in [3.63, 3.8) is 0 Å². The van der Waals surface area contributed by atoms with Gasteiger partial charge in [-0.3, -0.25) is 4.79 Å². The SMILES string of the molecule is CNC(=O)[C@H](C)OC(=O)c1ccc2noc(-c3ccccc3)c2c1. The molecule has 24 heavy (non-hydrogen) atoms. The summed E-state index contributed by atoms with van der Waals surface area (Å²) in [5.74, 6) is -0.354. The third kappa shape index (κ3) is 2.99. The average molecular weight is 324 g/mol. The van der Waals surface area contributed by atoms with Crippen LogP contribution in [0, 0.1) is 0 Å². The second-order valence-corrected chi connectivity index (χ2v) is 5.27. The number of nitrogens with zero attached hydrogens (tertiary/aromatic N) is 1. The molecule has 3 rings (SSSR count). The first kappa shape index (κ1) is 15.7. The van der Waals surface area contributed by atoms with E-state index in [1.54, 1.807) is 18.2 Å². The Kier molecular flexibility index (Phi) is 4.29. The number of rotatable bonds is 4. The Hall–Kier alpha value is -3.15. The monoisotopic (exact) mass is 324 g/mol. The smallest absolute Gasteiger partial charge is 0.338 e. The van der Waals surface area contributed by atoms with E-state index in [9.17, 15) is 9.59 Å². The number of aromatic nitrogens is 1. The first-order valence-electron chi connectivity index (χ1n) is 7.47. The standard InChI is InChI=1S/C18H16N2O4/c1-11(17(21)19-2)23-18(22)13-8-9-15-14(10-13)16(24-20-15)12-6-4-3-5-7-12/h3-11H,1-2H3,(H,19,21)/t11-/m0/s1. The second-order valence-electron chi connectivity index (χ2n) is 5.27. The molecule has 1 N–H and O–H groups in total.